The van der Waals surface area contributed by atoms with Gasteiger partial charge in [-0.25, -0.2) is 4.39 Å². The molecule has 0 aromatic heterocycles. The summed E-state index contributed by atoms with van der Waals surface area (Å²) < 4.78 is 23.6. The fourth-order valence-corrected chi connectivity index (χ4v) is 0.339. The maximum Gasteiger partial charge on any atom is 0.250 e. The van der Waals surface area contributed by atoms with Gasteiger partial charge in [-0.1, -0.05) is 4.48 Å². The molecule has 0 amide bonds. The summed E-state index contributed by atoms with van der Waals surface area (Å²) in [5.74, 6) is 0. The Balaban J connectivity index is 2.42. The smallest absolute Gasteiger partial charge is 0.250 e. The van der Waals surface area contributed by atoms with Crippen LogP contribution in [0.25, 0.3) is 0 Å². The molecule has 1 heterocycles. The van der Waals surface area contributed by atoms with Gasteiger partial charge in [0.2, 0.25) is 0 Å². The molecule has 5 heteroatoms. The van der Waals surface area contributed by atoms with Crippen LogP contribution >= 0.6 is 0 Å². The number of nitrogens with zero attached hydrogens (tertiary/aromatic N) is 1. The van der Waals surface area contributed by atoms with Gasteiger partial charge >= 0.3 is 0 Å². The minimum absolute atomic E-state index is 0.0880. The van der Waals surface area contributed by atoms with Crippen molar-refractivity contribution in [1.29, 1.82) is 0 Å². The van der Waals surface area contributed by atoms with E-state index in [0.717, 1.165) is 12.3 Å². The Hall–Kier alpha value is -0.680. The molecule has 0 saturated heterocycles. The average Bonchev–Trinajstić information content (AvgIpc) is 1.64. The first-order valence-corrected chi connectivity index (χ1v) is 1.97. The third-order valence-electron chi connectivity index (χ3n) is 0.623. The Morgan fingerprint density at radius 1 is 1.62 bits per heavy atom. The van der Waals surface area contributed by atoms with E-state index < -0.39 is 6.30 Å². The van der Waals surface area contributed by atoms with Crippen molar-refractivity contribution >= 4 is 0 Å². The zero-order valence-electron chi connectivity index (χ0n) is 3.86. The van der Waals surface area contributed by atoms with E-state index in [4.69, 9.17) is 0 Å². The molecule has 8 heavy (non-hydrogen) atoms. The minimum atomic E-state index is -0.730. The molecule has 1 rings (SSSR count). The van der Waals surface area contributed by atoms with Gasteiger partial charge in [0.15, 0.2) is 0 Å². The number of rotatable bonds is 0. The molecule has 0 aromatic rings. The number of hydrogen-bond donors (Lipinski definition) is 2. The van der Waals surface area contributed by atoms with Gasteiger partial charge in [0, 0.05) is 11.5 Å². The van der Waals surface area contributed by atoms with Gasteiger partial charge in [-0.05, 0) is 6.08 Å². The van der Waals surface area contributed by atoms with Crippen LogP contribution in [0.1, 0.15) is 0 Å². The van der Waals surface area contributed by atoms with Crippen molar-refractivity contribution in [1.82, 2.24) is 16.2 Å². The molecule has 0 aromatic carbocycles. The zero-order valence-corrected chi connectivity index (χ0v) is 3.86. The van der Waals surface area contributed by atoms with E-state index in [9.17, 15) is 8.87 Å². The van der Waals surface area contributed by atoms with Crippen molar-refractivity contribution in [2.45, 2.75) is 0 Å². The monoisotopic (exact) mass is 120 g/mol. The lowest BCUT2D eigenvalue weighted by molar-refractivity contribution is -0.0805. The molecule has 1 aliphatic rings. The zero-order chi connectivity index (χ0) is 5.98. The van der Waals surface area contributed by atoms with E-state index in [2.05, 4.69) is 0 Å². The predicted octanol–water partition coefficient (Wildman–Crippen LogP) is 0.168. The number of hydrazine groups is 2. The molecule has 45 valence electrons. The van der Waals surface area contributed by atoms with Gasteiger partial charge < -0.3 is 0 Å². The van der Waals surface area contributed by atoms with Gasteiger partial charge in [0.05, 0.1) is 0 Å². The van der Waals surface area contributed by atoms with Crippen LogP contribution in [-0.2, 0) is 0 Å². The van der Waals surface area contributed by atoms with Crippen LogP contribution in [0.3, 0.4) is 0 Å². The van der Waals surface area contributed by atoms with Crippen LogP contribution in [0.15, 0.2) is 12.3 Å². The topological polar surface area (TPSA) is 27.3 Å². The van der Waals surface area contributed by atoms with Crippen molar-refractivity contribution in [3.63, 3.8) is 0 Å². The van der Waals surface area contributed by atoms with E-state index in [1.807, 2.05) is 5.43 Å². The summed E-state index contributed by atoms with van der Waals surface area (Å²) in [6, 6.07) is 0. The molecule has 0 saturated carbocycles. The Bertz CT molecular complexity index is 105. The number of halogens is 2. The maximum absolute atomic E-state index is 11.8. The molecule has 3 nitrogen and oxygen atoms in total. The van der Waals surface area contributed by atoms with Crippen LogP contribution in [0.4, 0.5) is 8.87 Å². The van der Waals surface area contributed by atoms with E-state index in [0.29, 0.717) is 0 Å². The Labute approximate surface area is 44.8 Å². The first-order chi connectivity index (χ1) is 3.79. The first kappa shape index (κ1) is 5.46. The first-order valence-electron chi connectivity index (χ1n) is 1.97. The number of hydrogen-bond acceptors (Lipinski definition) is 3. The summed E-state index contributed by atoms with van der Waals surface area (Å²) in [4.78, 5) is 0. The summed E-state index contributed by atoms with van der Waals surface area (Å²) in [6.07, 6.45) is 1.47. The second kappa shape index (κ2) is 2.06. The van der Waals surface area contributed by atoms with Crippen molar-refractivity contribution < 1.29 is 8.87 Å². The normalized spacial score (nSPS) is 23.2. The summed E-state index contributed by atoms with van der Waals surface area (Å²) in [6.45, 7) is 0. The average molecular weight is 120 g/mol. The Morgan fingerprint density at radius 2 is 2.38 bits per heavy atom. The third-order valence-corrected chi connectivity index (χ3v) is 0.623. The molecule has 2 N–H and O–H groups in total. The van der Waals surface area contributed by atoms with Gasteiger partial charge in [-0.15, -0.1) is 0 Å². The molecule has 0 fully saturated rings. The molecular weight excluding hydrogens is 116 g/mol. The van der Waals surface area contributed by atoms with Crippen LogP contribution in [0.5, 0.6) is 0 Å². The summed E-state index contributed by atoms with van der Waals surface area (Å²) in [7, 11) is 0. The lowest BCUT2D eigenvalue weighted by atomic mass is 10.6. The quantitative estimate of drug-likeness (QED) is 0.352. The van der Waals surface area contributed by atoms with Gasteiger partial charge in [-0.2, -0.15) is 5.43 Å². The van der Waals surface area contributed by atoms with Crippen molar-refractivity contribution in [2.75, 3.05) is 0 Å². The van der Waals surface area contributed by atoms with Gasteiger partial charge in [0.1, 0.15) is 0 Å². The van der Waals surface area contributed by atoms with Crippen LogP contribution in [0, 0.1) is 6.30 Å². The molecule has 0 atom stereocenters. The van der Waals surface area contributed by atoms with E-state index >= 15 is 0 Å². The standard InChI is InChI=1S/C3H4F2N3/c4-3-1-2-6-8(5)7-3/h1-2,6-7H. The van der Waals surface area contributed by atoms with Crippen LogP contribution < -0.4 is 10.9 Å². The fraction of sp³-hybridized carbons (Fsp3) is 0. The largest absolute Gasteiger partial charge is 0.285 e. The Kier molecular flexibility index (Phi) is 1.40. The molecule has 1 aliphatic heterocycles. The molecule has 0 aliphatic carbocycles. The van der Waals surface area contributed by atoms with Crippen molar-refractivity contribution in [3.8, 4) is 0 Å². The fourth-order valence-electron chi connectivity index (χ4n) is 0.339. The molecular formula is C3H4F2N3. The summed E-state index contributed by atoms with van der Waals surface area (Å²) in [5.41, 5.74) is 3.72. The van der Waals surface area contributed by atoms with Gasteiger partial charge in [0.25, 0.3) is 6.30 Å². The summed E-state index contributed by atoms with van der Waals surface area (Å²) >= 11 is 0. The second-order valence-electron chi connectivity index (χ2n) is 1.20. The van der Waals surface area contributed by atoms with Gasteiger partial charge in [-0.3, -0.25) is 5.43 Å². The second-order valence-corrected chi connectivity index (χ2v) is 1.20. The number of nitrogens with one attached hydrogen (secondary N) is 2. The van der Waals surface area contributed by atoms with E-state index in [1.165, 1.54) is 0 Å². The molecule has 0 bridgehead atoms. The molecule has 1 radical (unpaired) electrons. The van der Waals surface area contributed by atoms with Crippen LogP contribution in [-0.4, -0.2) is 5.34 Å². The highest BCUT2D eigenvalue weighted by Crippen LogP contribution is 2.01. The Morgan fingerprint density at radius 3 is 2.75 bits per heavy atom. The SMILES string of the molecule is F[C]1C=CNN(F)N1. The minimum Gasteiger partial charge on any atom is -0.285 e. The lowest BCUT2D eigenvalue weighted by Gasteiger charge is -2.16. The highest BCUT2D eigenvalue weighted by molar-refractivity contribution is 4.99. The maximum atomic E-state index is 11.8. The third kappa shape index (κ3) is 1.14. The van der Waals surface area contributed by atoms with Crippen molar-refractivity contribution in [2.24, 2.45) is 0 Å². The van der Waals surface area contributed by atoms with Crippen LogP contribution in [0.2, 0.25) is 0 Å². The van der Waals surface area contributed by atoms with E-state index in [1.54, 1.807) is 5.43 Å². The molecule has 0 spiro atoms. The van der Waals surface area contributed by atoms with Crippen molar-refractivity contribution in [3.05, 3.63) is 18.6 Å². The molecule has 0 unspecified atom stereocenters. The highest BCUT2D eigenvalue weighted by atomic mass is 19.2. The predicted molar refractivity (Wildman–Crippen MR) is 22.7 cm³/mol. The highest BCUT2D eigenvalue weighted by Gasteiger charge is 2.11. The summed E-state index contributed by atoms with van der Waals surface area (Å²) in [5, 5.41) is -0.0880. The lowest BCUT2D eigenvalue weighted by Crippen LogP contribution is -2.42. The van der Waals surface area contributed by atoms with E-state index in [-0.39, 0.29) is 5.34 Å².